The quantitative estimate of drug-likeness (QED) is 0.413. The van der Waals surface area contributed by atoms with Gasteiger partial charge >= 0.3 is 5.97 Å². The van der Waals surface area contributed by atoms with Gasteiger partial charge in [-0.2, -0.15) is 0 Å². The predicted molar refractivity (Wildman–Crippen MR) is 119 cm³/mol. The molecule has 0 unspecified atom stereocenters. The molecule has 0 aliphatic carbocycles. The van der Waals surface area contributed by atoms with Gasteiger partial charge in [-0.05, 0) is 38.0 Å². The minimum absolute atomic E-state index is 0.267. The Hall–Kier alpha value is -3.18. The van der Waals surface area contributed by atoms with Crippen molar-refractivity contribution >= 4 is 34.3 Å². The van der Waals surface area contributed by atoms with Crippen molar-refractivity contribution in [1.29, 1.82) is 0 Å². The van der Waals surface area contributed by atoms with Gasteiger partial charge < -0.3 is 10.1 Å². The topological polar surface area (TPSA) is 55.4 Å². The molecule has 148 valence electrons. The van der Waals surface area contributed by atoms with E-state index in [4.69, 9.17) is 4.74 Å². The van der Waals surface area contributed by atoms with E-state index in [1.54, 1.807) is 13.0 Å². The summed E-state index contributed by atoms with van der Waals surface area (Å²) in [5.74, 6) is -0.740. The van der Waals surface area contributed by atoms with Crippen LogP contribution >= 0.6 is 11.3 Å². The summed E-state index contributed by atoms with van der Waals surface area (Å²) in [6.07, 6.45) is 3.21. The number of thiophene rings is 1. The lowest BCUT2D eigenvalue weighted by Crippen LogP contribution is -2.12. The third-order valence-corrected chi connectivity index (χ3v) is 5.27. The van der Waals surface area contributed by atoms with Crippen LogP contribution in [0.2, 0.25) is 0 Å². The number of anilines is 1. The number of carbonyl (C=O) groups is 2. The van der Waals surface area contributed by atoms with Crippen LogP contribution in [0.15, 0.2) is 60.0 Å². The van der Waals surface area contributed by atoms with Crippen molar-refractivity contribution in [3.63, 3.8) is 0 Å². The lowest BCUT2D eigenvalue weighted by atomic mass is 10.0. The minimum atomic E-state index is -0.442. The van der Waals surface area contributed by atoms with Crippen molar-refractivity contribution < 1.29 is 14.3 Å². The highest BCUT2D eigenvalue weighted by molar-refractivity contribution is 7.15. The van der Waals surface area contributed by atoms with Crippen LogP contribution in [0.3, 0.4) is 0 Å². The SMILES string of the molecule is CCOC(=O)c1c(-c2ccc(C)cc2)csc1NC(=O)/C=C/c1ccc(C)cc1. The number of hydrogen-bond donors (Lipinski definition) is 1. The van der Waals surface area contributed by atoms with Crippen LogP contribution < -0.4 is 5.32 Å². The lowest BCUT2D eigenvalue weighted by Gasteiger charge is -2.08. The molecule has 0 aliphatic heterocycles. The Morgan fingerprint density at radius 2 is 1.62 bits per heavy atom. The summed E-state index contributed by atoms with van der Waals surface area (Å²) < 4.78 is 5.23. The number of hydrogen-bond acceptors (Lipinski definition) is 4. The Bertz CT molecular complexity index is 1030. The van der Waals surface area contributed by atoms with E-state index in [2.05, 4.69) is 5.32 Å². The molecule has 5 heteroatoms. The number of ether oxygens (including phenoxy) is 1. The van der Waals surface area contributed by atoms with Crippen LogP contribution in [0, 0.1) is 13.8 Å². The van der Waals surface area contributed by atoms with Crippen molar-refractivity contribution in [2.75, 3.05) is 11.9 Å². The average molecular weight is 406 g/mol. The Morgan fingerprint density at radius 1 is 1.00 bits per heavy atom. The van der Waals surface area contributed by atoms with Crippen molar-refractivity contribution in [3.8, 4) is 11.1 Å². The number of nitrogens with one attached hydrogen (secondary N) is 1. The first-order chi connectivity index (χ1) is 14.0. The largest absolute Gasteiger partial charge is 0.462 e. The molecule has 1 aromatic heterocycles. The first-order valence-corrected chi connectivity index (χ1v) is 10.3. The van der Waals surface area contributed by atoms with Gasteiger partial charge in [0.25, 0.3) is 0 Å². The number of amides is 1. The highest BCUT2D eigenvalue weighted by Crippen LogP contribution is 2.36. The van der Waals surface area contributed by atoms with E-state index in [0.717, 1.165) is 27.8 Å². The summed E-state index contributed by atoms with van der Waals surface area (Å²) in [7, 11) is 0. The second kappa shape index (κ2) is 9.34. The monoisotopic (exact) mass is 405 g/mol. The highest BCUT2D eigenvalue weighted by Gasteiger charge is 2.22. The number of esters is 1. The number of carbonyl (C=O) groups excluding carboxylic acids is 2. The van der Waals surface area contributed by atoms with Crippen LogP contribution in [0.25, 0.3) is 17.2 Å². The summed E-state index contributed by atoms with van der Waals surface area (Å²) in [6.45, 7) is 6.05. The zero-order valence-corrected chi connectivity index (χ0v) is 17.5. The molecule has 2 aromatic carbocycles. The van der Waals surface area contributed by atoms with Gasteiger partial charge in [0.2, 0.25) is 5.91 Å². The molecule has 29 heavy (non-hydrogen) atoms. The maximum absolute atomic E-state index is 12.6. The Balaban J connectivity index is 1.86. The maximum atomic E-state index is 12.6. The average Bonchev–Trinajstić information content (AvgIpc) is 3.12. The fourth-order valence-corrected chi connectivity index (χ4v) is 3.76. The molecule has 0 radical (unpaired) electrons. The van der Waals surface area contributed by atoms with Gasteiger partial charge in [-0.25, -0.2) is 4.79 Å². The molecule has 3 rings (SSSR count). The Labute approximate surface area is 174 Å². The van der Waals surface area contributed by atoms with E-state index in [1.807, 2.05) is 67.8 Å². The molecule has 1 heterocycles. The zero-order chi connectivity index (χ0) is 20.8. The highest BCUT2D eigenvalue weighted by atomic mass is 32.1. The van der Waals surface area contributed by atoms with Gasteiger partial charge in [-0.3, -0.25) is 4.79 Å². The number of benzene rings is 2. The van der Waals surface area contributed by atoms with Crippen LogP contribution in [-0.4, -0.2) is 18.5 Å². The normalized spacial score (nSPS) is 10.9. The van der Waals surface area contributed by atoms with E-state index >= 15 is 0 Å². The van der Waals surface area contributed by atoms with Crippen LogP contribution in [0.1, 0.15) is 34.0 Å². The lowest BCUT2D eigenvalue weighted by molar-refractivity contribution is -0.111. The minimum Gasteiger partial charge on any atom is -0.462 e. The van der Waals surface area contributed by atoms with Crippen molar-refractivity contribution in [1.82, 2.24) is 0 Å². The molecular weight excluding hydrogens is 382 g/mol. The summed E-state index contributed by atoms with van der Waals surface area (Å²) in [4.78, 5) is 25.0. The van der Waals surface area contributed by atoms with Crippen LogP contribution in [-0.2, 0) is 9.53 Å². The van der Waals surface area contributed by atoms with Gasteiger partial charge in [0.1, 0.15) is 10.6 Å². The fourth-order valence-electron chi connectivity index (χ4n) is 2.80. The van der Waals surface area contributed by atoms with Gasteiger partial charge in [-0.1, -0.05) is 59.7 Å². The second-order valence-corrected chi connectivity index (χ2v) is 7.55. The number of aryl methyl sites for hydroxylation is 2. The molecule has 0 aliphatic rings. The molecule has 0 saturated heterocycles. The maximum Gasteiger partial charge on any atom is 0.341 e. The predicted octanol–water partition coefficient (Wildman–Crippen LogP) is 5.86. The Morgan fingerprint density at radius 3 is 2.24 bits per heavy atom. The Kier molecular flexibility index (Phi) is 6.62. The van der Waals surface area contributed by atoms with Crippen LogP contribution in [0.5, 0.6) is 0 Å². The van der Waals surface area contributed by atoms with E-state index < -0.39 is 5.97 Å². The third kappa shape index (κ3) is 5.21. The van der Waals surface area contributed by atoms with E-state index in [-0.39, 0.29) is 12.5 Å². The standard InChI is InChI=1S/C24H23NO3S/c1-4-28-24(27)22-20(19-12-7-17(3)8-13-19)15-29-23(22)25-21(26)14-11-18-9-5-16(2)6-10-18/h5-15H,4H2,1-3H3,(H,25,26)/b14-11+. The van der Waals surface area contributed by atoms with Crippen molar-refractivity contribution in [2.24, 2.45) is 0 Å². The molecule has 3 aromatic rings. The van der Waals surface area contributed by atoms with Crippen molar-refractivity contribution in [2.45, 2.75) is 20.8 Å². The van der Waals surface area contributed by atoms with E-state index in [1.165, 1.54) is 17.4 Å². The van der Waals surface area contributed by atoms with Gasteiger partial charge in [0, 0.05) is 17.0 Å². The summed E-state index contributed by atoms with van der Waals surface area (Å²) in [6, 6.07) is 15.8. The summed E-state index contributed by atoms with van der Waals surface area (Å²) in [5, 5.41) is 5.18. The molecule has 0 bridgehead atoms. The fraction of sp³-hybridized carbons (Fsp3) is 0.167. The van der Waals surface area contributed by atoms with E-state index in [0.29, 0.717) is 10.6 Å². The zero-order valence-electron chi connectivity index (χ0n) is 16.7. The van der Waals surface area contributed by atoms with E-state index in [9.17, 15) is 9.59 Å². The first-order valence-electron chi connectivity index (χ1n) is 9.39. The number of rotatable bonds is 6. The van der Waals surface area contributed by atoms with Gasteiger partial charge in [0.15, 0.2) is 0 Å². The molecule has 0 saturated carbocycles. The molecule has 0 fully saturated rings. The molecular formula is C24H23NO3S. The molecule has 1 N–H and O–H groups in total. The van der Waals surface area contributed by atoms with Crippen LogP contribution in [0.4, 0.5) is 5.00 Å². The smallest absolute Gasteiger partial charge is 0.341 e. The molecule has 1 amide bonds. The van der Waals surface area contributed by atoms with Gasteiger partial charge in [-0.15, -0.1) is 11.3 Å². The molecule has 4 nitrogen and oxygen atoms in total. The molecule has 0 spiro atoms. The second-order valence-electron chi connectivity index (χ2n) is 6.67. The molecule has 0 atom stereocenters. The first kappa shape index (κ1) is 20.6. The third-order valence-electron chi connectivity index (χ3n) is 4.37. The van der Waals surface area contributed by atoms with Crippen molar-refractivity contribution in [3.05, 3.63) is 82.2 Å². The summed E-state index contributed by atoms with van der Waals surface area (Å²) >= 11 is 1.31. The summed E-state index contributed by atoms with van der Waals surface area (Å²) in [5.41, 5.74) is 5.28. The van der Waals surface area contributed by atoms with Gasteiger partial charge in [0.05, 0.1) is 6.61 Å².